The van der Waals surface area contributed by atoms with Gasteiger partial charge in [0.1, 0.15) is 5.69 Å². The SMILES string of the molecule is Cc1nc(-c2c[nH]c(C(=O)NC3(CO)CC3)c2)cs1. The van der Waals surface area contributed by atoms with Gasteiger partial charge in [-0.05, 0) is 25.8 Å². The first-order chi connectivity index (χ1) is 9.12. The maximum absolute atomic E-state index is 12.0. The van der Waals surface area contributed by atoms with Crippen LogP contribution in [0.4, 0.5) is 0 Å². The average Bonchev–Trinajstić information content (AvgIpc) is 2.82. The number of aryl methyl sites for hydroxylation is 1. The number of hydrogen-bond acceptors (Lipinski definition) is 4. The van der Waals surface area contributed by atoms with Crippen LogP contribution in [-0.2, 0) is 0 Å². The molecule has 2 aromatic heterocycles. The van der Waals surface area contributed by atoms with Gasteiger partial charge in [-0.1, -0.05) is 0 Å². The van der Waals surface area contributed by atoms with E-state index in [-0.39, 0.29) is 18.1 Å². The number of nitrogens with zero attached hydrogens (tertiary/aromatic N) is 1. The second-order valence-electron chi connectivity index (χ2n) is 4.95. The van der Waals surface area contributed by atoms with Crippen molar-refractivity contribution in [2.24, 2.45) is 0 Å². The van der Waals surface area contributed by atoms with Crippen molar-refractivity contribution in [2.75, 3.05) is 6.61 Å². The van der Waals surface area contributed by atoms with E-state index in [1.54, 1.807) is 23.6 Å². The number of carbonyl (C=O) groups excluding carboxylic acids is 1. The Hall–Kier alpha value is -1.66. The quantitative estimate of drug-likeness (QED) is 0.796. The molecule has 2 aromatic rings. The molecule has 0 spiro atoms. The number of aromatic nitrogens is 2. The van der Waals surface area contributed by atoms with Gasteiger partial charge in [0.05, 0.1) is 22.8 Å². The van der Waals surface area contributed by atoms with Gasteiger partial charge in [0.25, 0.3) is 5.91 Å². The van der Waals surface area contributed by atoms with Crippen molar-refractivity contribution in [3.05, 3.63) is 28.3 Å². The Bertz CT molecular complexity index is 613. The molecule has 0 atom stereocenters. The number of thiazole rings is 1. The number of amides is 1. The molecule has 1 amide bonds. The lowest BCUT2D eigenvalue weighted by atomic mass is 10.2. The number of aliphatic hydroxyl groups is 1. The lowest BCUT2D eigenvalue weighted by molar-refractivity contribution is 0.0902. The Kier molecular flexibility index (Phi) is 2.91. The van der Waals surface area contributed by atoms with Crippen LogP contribution in [0.5, 0.6) is 0 Å². The van der Waals surface area contributed by atoms with Crippen LogP contribution in [0.2, 0.25) is 0 Å². The predicted octanol–water partition coefficient (Wildman–Crippen LogP) is 1.70. The van der Waals surface area contributed by atoms with Crippen molar-refractivity contribution in [1.29, 1.82) is 0 Å². The van der Waals surface area contributed by atoms with E-state index >= 15 is 0 Å². The van der Waals surface area contributed by atoms with E-state index in [2.05, 4.69) is 15.3 Å². The monoisotopic (exact) mass is 277 g/mol. The molecule has 1 aliphatic rings. The van der Waals surface area contributed by atoms with Crippen LogP contribution in [0.3, 0.4) is 0 Å². The highest BCUT2D eigenvalue weighted by Crippen LogP contribution is 2.34. The fourth-order valence-electron chi connectivity index (χ4n) is 1.95. The summed E-state index contributed by atoms with van der Waals surface area (Å²) in [5.41, 5.74) is 1.89. The number of aliphatic hydroxyl groups excluding tert-OH is 1. The third-order valence-electron chi connectivity index (χ3n) is 3.38. The Morgan fingerprint density at radius 3 is 3.00 bits per heavy atom. The zero-order valence-corrected chi connectivity index (χ0v) is 11.4. The van der Waals surface area contributed by atoms with E-state index in [1.165, 1.54) is 0 Å². The van der Waals surface area contributed by atoms with E-state index in [0.717, 1.165) is 29.1 Å². The summed E-state index contributed by atoms with van der Waals surface area (Å²) in [6.45, 7) is 1.95. The molecule has 1 fully saturated rings. The molecule has 19 heavy (non-hydrogen) atoms. The van der Waals surface area contributed by atoms with E-state index in [1.807, 2.05) is 12.3 Å². The molecule has 5 nitrogen and oxygen atoms in total. The zero-order chi connectivity index (χ0) is 13.5. The van der Waals surface area contributed by atoms with Crippen molar-refractivity contribution in [1.82, 2.24) is 15.3 Å². The summed E-state index contributed by atoms with van der Waals surface area (Å²) in [7, 11) is 0. The average molecular weight is 277 g/mol. The van der Waals surface area contributed by atoms with Gasteiger partial charge in [0.2, 0.25) is 0 Å². The molecule has 6 heteroatoms. The van der Waals surface area contributed by atoms with Crippen molar-refractivity contribution in [3.8, 4) is 11.3 Å². The number of hydrogen-bond donors (Lipinski definition) is 3. The van der Waals surface area contributed by atoms with Crippen molar-refractivity contribution in [3.63, 3.8) is 0 Å². The van der Waals surface area contributed by atoms with Crippen molar-refractivity contribution < 1.29 is 9.90 Å². The second-order valence-corrected chi connectivity index (χ2v) is 6.01. The minimum Gasteiger partial charge on any atom is -0.394 e. The Morgan fingerprint density at radius 2 is 2.42 bits per heavy atom. The molecule has 2 heterocycles. The van der Waals surface area contributed by atoms with E-state index < -0.39 is 0 Å². The van der Waals surface area contributed by atoms with Crippen LogP contribution in [0.15, 0.2) is 17.6 Å². The zero-order valence-electron chi connectivity index (χ0n) is 10.6. The summed E-state index contributed by atoms with van der Waals surface area (Å²) in [4.78, 5) is 19.4. The maximum atomic E-state index is 12.0. The molecule has 0 unspecified atom stereocenters. The lowest BCUT2D eigenvalue weighted by Crippen LogP contribution is -2.39. The third kappa shape index (κ3) is 2.41. The number of nitrogens with one attached hydrogen (secondary N) is 2. The first-order valence-electron chi connectivity index (χ1n) is 6.16. The molecule has 0 aliphatic heterocycles. The third-order valence-corrected chi connectivity index (χ3v) is 4.15. The molecule has 0 radical (unpaired) electrons. The van der Waals surface area contributed by atoms with Crippen molar-refractivity contribution >= 4 is 17.2 Å². The first kappa shape index (κ1) is 12.4. The smallest absolute Gasteiger partial charge is 0.268 e. The summed E-state index contributed by atoms with van der Waals surface area (Å²) in [6, 6.07) is 1.79. The van der Waals surface area contributed by atoms with Crippen LogP contribution < -0.4 is 5.32 Å². The molecule has 1 saturated carbocycles. The summed E-state index contributed by atoms with van der Waals surface area (Å²) >= 11 is 1.58. The van der Waals surface area contributed by atoms with Gasteiger partial charge in [-0.25, -0.2) is 4.98 Å². The van der Waals surface area contributed by atoms with Crippen LogP contribution in [0, 0.1) is 6.92 Å². The Labute approximate surface area is 114 Å². The fraction of sp³-hybridized carbons (Fsp3) is 0.385. The normalized spacial score (nSPS) is 16.3. The highest BCUT2D eigenvalue weighted by atomic mass is 32.1. The van der Waals surface area contributed by atoms with Crippen LogP contribution in [0.25, 0.3) is 11.3 Å². The summed E-state index contributed by atoms with van der Waals surface area (Å²) in [5.74, 6) is -0.176. The topological polar surface area (TPSA) is 78.0 Å². The molecule has 3 rings (SSSR count). The molecule has 100 valence electrons. The standard InChI is InChI=1S/C13H15N3O2S/c1-8-15-11(6-19-8)9-4-10(14-5-9)12(18)16-13(7-17)2-3-13/h4-6,14,17H,2-3,7H2,1H3,(H,16,18). The second kappa shape index (κ2) is 4.47. The summed E-state index contributed by atoms with van der Waals surface area (Å²) < 4.78 is 0. The summed E-state index contributed by atoms with van der Waals surface area (Å²) in [6.07, 6.45) is 3.46. The number of rotatable bonds is 4. The number of aromatic amines is 1. The van der Waals surface area contributed by atoms with Crippen LogP contribution >= 0.6 is 11.3 Å². The number of H-pyrrole nitrogens is 1. The molecule has 0 bridgehead atoms. The van der Waals surface area contributed by atoms with Gasteiger partial charge in [0, 0.05) is 17.1 Å². The molecule has 0 aromatic carbocycles. The van der Waals surface area contributed by atoms with E-state index in [4.69, 9.17) is 0 Å². The Balaban J connectivity index is 1.76. The van der Waals surface area contributed by atoms with Gasteiger partial charge >= 0.3 is 0 Å². The highest BCUT2D eigenvalue weighted by Gasteiger charge is 2.43. The molecule has 3 N–H and O–H groups in total. The molecule has 0 saturated heterocycles. The minimum absolute atomic E-state index is 0.00239. The summed E-state index contributed by atoms with van der Waals surface area (Å²) in [5, 5.41) is 15.0. The first-order valence-corrected chi connectivity index (χ1v) is 7.04. The van der Waals surface area contributed by atoms with Gasteiger partial charge in [0.15, 0.2) is 0 Å². The van der Waals surface area contributed by atoms with Gasteiger partial charge in [-0.15, -0.1) is 11.3 Å². The Morgan fingerprint density at radius 1 is 1.63 bits per heavy atom. The van der Waals surface area contributed by atoms with E-state index in [0.29, 0.717) is 5.69 Å². The lowest BCUT2D eigenvalue weighted by Gasteiger charge is -2.12. The van der Waals surface area contributed by atoms with Gasteiger partial charge in [-0.3, -0.25) is 4.79 Å². The van der Waals surface area contributed by atoms with Crippen LogP contribution in [0.1, 0.15) is 28.3 Å². The minimum atomic E-state index is -0.389. The molecule has 1 aliphatic carbocycles. The fourth-order valence-corrected chi connectivity index (χ4v) is 2.57. The van der Waals surface area contributed by atoms with Gasteiger partial charge < -0.3 is 15.4 Å². The largest absolute Gasteiger partial charge is 0.394 e. The molecular formula is C13H15N3O2S. The van der Waals surface area contributed by atoms with Crippen LogP contribution in [-0.4, -0.2) is 33.1 Å². The number of carbonyl (C=O) groups is 1. The van der Waals surface area contributed by atoms with Crippen molar-refractivity contribution in [2.45, 2.75) is 25.3 Å². The predicted molar refractivity (Wildman–Crippen MR) is 73.2 cm³/mol. The maximum Gasteiger partial charge on any atom is 0.268 e. The molecular weight excluding hydrogens is 262 g/mol. The highest BCUT2D eigenvalue weighted by molar-refractivity contribution is 7.09. The van der Waals surface area contributed by atoms with Gasteiger partial charge in [-0.2, -0.15) is 0 Å². The van der Waals surface area contributed by atoms with E-state index in [9.17, 15) is 9.90 Å².